The molecule has 2 heterocycles. The van der Waals surface area contributed by atoms with Crippen LogP contribution in [0.3, 0.4) is 0 Å². The van der Waals surface area contributed by atoms with Gasteiger partial charge in [-0.05, 0) is 53.1 Å². The minimum absolute atomic E-state index is 0.0303. The number of aromatic nitrogens is 3. The number of rotatable bonds is 12. The molecule has 5 rings (SSSR count). The predicted octanol–water partition coefficient (Wildman–Crippen LogP) is 6.32. The van der Waals surface area contributed by atoms with Crippen LogP contribution in [-0.2, 0) is 33.8 Å². The number of H-pyrrole nitrogens is 1. The van der Waals surface area contributed by atoms with Gasteiger partial charge in [-0.25, -0.2) is 4.79 Å². The zero-order chi connectivity index (χ0) is 35.3. The van der Waals surface area contributed by atoms with Crippen LogP contribution in [0, 0.1) is 23.2 Å². The number of alkyl carbamates (subject to hydrolysis) is 1. The van der Waals surface area contributed by atoms with Crippen LogP contribution < -0.4 is 16.0 Å². The van der Waals surface area contributed by atoms with Crippen LogP contribution in [-0.4, -0.2) is 44.6 Å². The highest BCUT2D eigenvalue weighted by Gasteiger charge is 2.47. The topological polar surface area (TPSA) is 175 Å². The van der Waals surface area contributed by atoms with E-state index >= 15 is 0 Å². The Morgan fingerprint density at radius 3 is 2.51 bits per heavy atom. The van der Waals surface area contributed by atoms with Crippen molar-refractivity contribution in [1.82, 2.24) is 31.1 Å². The number of fused-ring (bicyclic) bond motifs is 3. The van der Waals surface area contributed by atoms with Gasteiger partial charge in [-0.15, -0.1) is 0 Å². The van der Waals surface area contributed by atoms with Gasteiger partial charge in [0.25, 0.3) is 5.82 Å². The van der Waals surface area contributed by atoms with Gasteiger partial charge in [0.05, 0.1) is 10.5 Å². The van der Waals surface area contributed by atoms with Crippen LogP contribution >= 0.6 is 23.2 Å². The third-order valence-corrected chi connectivity index (χ3v) is 9.90. The molecule has 1 aliphatic carbocycles. The second-order valence-electron chi connectivity index (χ2n) is 12.6. The largest absolute Gasteiger partial charge is 0.445 e. The molecule has 49 heavy (non-hydrogen) atoms. The van der Waals surface area contributed by atoms with Crippen molar-refractivity contribution >= 4 is 52.0 Å². The van der Waals surface area contributed by atoms with E-state index in [0.717, 1.165) is 22.2 Å². The predicted molar refractivity (Wildman–Crippen MR) is 184 cm³/mol. The van der Waals surface area contributed by atoms with E-state index in [1.54, 1.807) is 12.1 Å². The molecule has 3 amide bonds. The molecule has 4 unspecified atom stereocenters. The lowest BCUT2D eigenvalue weighted by Crippen LogP contribution is -2.65. The molecule has 0 fully saturated rings. The molecule has 0 spiro atoms. The molecule has 258 valence electrons. The minimum atomic E-state index is -1.47. The van der Waals surface area contributed by atoms with Gasteiger partial charge in [0.1, 0.15) is 30.3 Å². The van der Waals surface area contributed by atoms with Crippen LogP contribution in [0.4, 0.5) is 4.79 Å². The van der Waals surface area contributed by atoms with E-state index in [-0.39, 0.29) is 43.0 Å². The molecule has 0 aliphatic heterocycles. The average Bonchev–Trinajstić information content (AvgIpc) is 3.73. The van der Waals surface area contributed by atoms with E-state index in [1.165, 1.54) is 0 Å². The Kier molecular flexibility index (Phi) is 11.2. The van der Waals surface area contributed by atoms with Gasteiger partial charge in [-0.3, -0.25) is 9.59 Å². The first-order valence-corrected chi connectivity index (χ1v) is 17.1. The first-order chi connectivity index (χ1) is 23.5. The molecule has 4 aromatic rings. The minimum Gasteiger partial charge on any atom is -0.445 e. The first kappa shape index (κ1) is 35.7. The van der Waals surface area contributed by atoms with Gasteiger partial charge in [0.15, 0.2) is 0 Å². The molecule has 0 saturated heterocycles. The zero-order valence-electron chi connectivity index (χ0n) is 27.7. The number of carbonyl (C=O) groups is 3. The Morgan fingerprint density at radius 2 is 1.84 bits per heavy atom. The van der Waals surface area contributed by atoms with Crippen LogP contribution in [0.1, 0.15) is 81.5 Å². The lowest BCUT2D eigenvalue weighted by molar-refractivity contribution is -0.136. The second-order valence-corrected chi connectivity index (χ2v) is 13.5. The summed E-state index contributed by atoms with van der Waals surface area (Å²) in [5.41, 5.74) is 1.69. The summed E-state index contributed by atoms with van der Waals surface area (Å²) in [6.45, 7) is 7.65. The number of benzene rings is 2. The van der Waals surface area contributed by atoms with Gasteiger partial charge in [-0.2, -0.15) is 10.2 Å². The summed E-state index contributed by atoms with van der Waals surface area (Å²) in [6.07, 6.45) is 1.18. The van der Waals surface area contributed by atoms with Crippen LogP contribution in [0.5, 0.6) is 0 Å². The molecule has 2 aromatic heterocycles. The van der Waals surface area contributed by atoms with Crippen molar-refractivity contribution in [3.8, 4) is 6.07 Å². The SMILES string of the molecule is CCC(C)C(NC(=O)OCc1ccccc1)C(=O)N[C@@]1(C(=O)NC(c2nc(C#N)no2)C(C)CC)CCc2[nH]c3c(Cl)cc(Cl)cc3c2C1. The van der Waals surface area contributed by atoms with Crippen molar-refractivity contribution < 1.29 is 23.6 Å². The fourth-order valence-corrected chi connectivity index (χ4v) is 6.65. The number of hydrogen-bond acceptors (Lipinski definition) is 8. The maximum Gasteiger partial charge on any atom is 0.408 e. The summed E-state index contributed by atoms with van der Waals surface area (Å²) in [4.78, 5) is 49.4. The summed E-state index contributed by atoms with van der Waals surface area (Å²) < 4.78 is 10.8. The number of carbonyl (C=O) groups excluding carboxylic acids is 3. The highest BCUT2D eigenvalue weighted by Crippen LogP contribution is 2.39. The van der Waals surface area contributed by atoms with Gasteiger partial charge in [0, 0.05) is 22.5 Å². The molecule has 1 aliphatic rings. The fourth-order valence-electron chi connectivity index (χ4n) is 6.11. The number of aromatic amines is 1. The smallest absolute Gasteiger partial charge is 0.408 e. The molecule has 2 aromatic carbocycles. The van der Waals surface area contributed by atoms with Crippen molar-refractivity contribution in [1.29, 1.82) is 5.26 Å². The number of nitrogens with one attached hydrogen (secondary N) is 4. The molecule has 4 N–H and O–H groups in total. The van der Waals surface area contributed by atoms with E-state index in [9.17, 15) is 19.6 Å². The maximum absolute atomic E-state index is 14.6. The van der Waals surface area contributed by atoms with E-state index < -0.39 is 35.5 Å². The van der Waals surface area contributed by atoms with Crippen molar-refractivity contribution in [3.05, 3.63) is 81.0 Å². The van der Waals surface area contributed by atoms with E-state index in [4.69, 9.17) is 32.5 Å². The third kappa shape index (κ3) is 7.84. The molecule has 0 bridgehead atoms. The number of nitriles is 1. The lowest BCUT2D eigenvalue weighted by atomic mass is 9.78. The van der Waals surface area contributed by atoms with E-state index in [0.29, 0.717) is 34.8 Å². The molecule has 0 radical (unpaired) electrons. The first-order valence-electron chi connectivity index (χ1n) is 16.3. The summed E-state index contributed by atoms with van der Waals surface area (Å²) >= 11 is 12.9. The summed E-state index contributed by atoms with van der Waals surface area (Å²) in [6, 6.07) is 12.7. The van der Waals surface area contributed by atoms with Gasteiger partial charge >= 0.3 is 6.09 Å². The van der Waals surface area contributed by atoms with Crippen molar-refractivity contribution in [2.75, 3.05) is 0 Å². The van der Waals surface area contributed by atoms with Crippen LogP contribution in [0.2, 0.25) is 10.0 Å². The fraction of sp³-hybridized carbons (Fsp3) is 0.429. The number of nitrogens with zero attached hydrogens (tertiary/aromatic N) is 3. The average molecular weight is 709 g/mol. The maximum atomic E-state index is 14.6. The summed E-state index contributed by atoms with van der Waals surface area (Å²) in [5.74, 6) is -1.55. The Labute approximate surface area is 294 Å². The normalized spacial score (nSPS) is 18.0. The van der Waals surface area contributed by atoms with E-state index in [1.807, 2.05) is 64.1 Å². The third-order valence-electron chi connectivity index (χ3n) is 9.39. The lowest BCUT2D eigenvalue weighted by Gasteiger charge is -2.39. The molecule has 5 atom stereocenters. The summed E-state index contributed by atoms with van der Waals surface area (Å²) in [5, 5.41) is 23.5. The number of ether oxygens (including phenoxy) is 1. The summed E-state index contributed by atoms with van der Waals surface area (Å²) in [7, 11) is 0. The number of aryl methyl sites for hydroxylation is 1. The van der Waals surface area contributed by atoms with Crippen molar-refractivity contribution in [2.45, 2.75) is 84.0 Å². The van der Waals surface area contributed by atoms with Crippen molar-refractivity contribution in [2.24, 2.45) is 11.8 Å². The molecular formula is C35H39Cl2N7O5. The van der Waals surface area contributed by atoms with Crippen molar-refractivity contribution in [3.63, 3.8) is 0 Å². The quantitative estimate of drug-likeness (QED) is 0.132. The van der Waals surface area contributed by atoms with Gasteiger partial charge in [0.2, 0.25) is 17.7 Å². The van der Waals surface area contributed by atoms with Gasteiger partial charge < -0.3 is 30.2 Å². The number of halogens is 2. The Morgan fingerprint density at radius 1 is 1.10 bits per heavy atom. The zero-order valence-corrected chi connectivity index (χ0v) is 29.2. The van der Waals surface area contributed by atoms with Crippen LogP contribution in [0.15, 0.2) is 47.0 Å². The number of hydrogen-bond donors (Lipinski definition) is 4. The molecule has 12 nitrogen and oxygen atoms in total. The Bertz CT molecular complexity index is 1870. The van der Waals surface area contributed by atoms with Gasteiger partial charge in [-0.1, -0.05) is 94.1 Å². The van der Waals surface area contributed by atoms with E-state index in [2.05, 4.69) is 31.1 Å². The van der Waals surface area contributed by atoms with Crippen LogP contribution in [0.25, 0.3) is 10.9 Å². The molecular weight excluding hydrogens is 669 g/mol. The molecule has 14 heteroatoms. The standard InChI is InChI=1S/C35H39Cl2N7O5/c1-5-19(3)28(42-34(47)48-18-21-10-8-7-9-11-21)31(45)43-35(33(46)41-29(20(4)6-2)32-40-27(17-38)44-49-32)13-12-26-24(16-35)23-14-22(36)15-25(37)30(23)39-26/h7-11,14-15,19-20,28-29,39H,5-6,12-13,16,18H2,1-4H3,(H,41,46)(H,42,47)(H,43,45)/t19?,20?,28?,29?,35-/m0/s1. The highest BCUT2D eigenvalue weighted by molar-refractivity contribution is 6.38. The number of amides is 3. The highest BCUT2D eigenvalue weighted by atomic mass is 35.5. The molecule has 0 saturated carbocycles. The second kappa shape index (κ2) is 15.3. The monoisotopic (exact) mass is 707 g/mol. The Balaban J connectivity index is 1.48. The Hall–Kier alpha value is -4.60.